The maximum Gasteiger partial charge on any atom is 0.324 e. The van der Waals surface area contributed by atoms with Crippen LogP contribution < -0.4 is 26.0 Å². The van der Waals surface area contributed by atoms with E-state index in [1.54, 1.807) is 24.5 Å². The molecule has 1 fully saturated rings. The molecule has 5 N–H and O–H groups in total. The summed E-state index contributed by atoms with van der Waals surface area (Å²) in [4.78, 5) is 67.7. The molecule has 2 aromatic heterocycles. The lowest BCUT2D eigenvalue weighted by atomic mass is 9.92. The number of benzene rings is 3. The van der Waals surface area contributed by atoms with Crippen LogP contribution in [0.15, 0.2) is 73.1 Å². The number of hydrogen-bond donors (Lipinski definition) is 5. The molecule has 5 aromatic rings. The Morgan fingerprint density at radius 3 is 2.43 bits per heavy atom. The molecule has 0 spiro atoms. The first-order valence-corrected chi connectivity index (χ1v) is 17.5. The number of rotatable bonds is 12. The second-order valence-corrected chi connectivity index (χ2v) is 13.9. The van der Waals surface area contributed by atoms with Crippen molar-refractivity contribution in [2.24, 2.45) is 0 Å². The number of amides is 6. The third kappa shape index (κ3) is 7.64. The number of H-pyrrole nitrogens is 1. The molecule has 7 rings (SSSR count). The molecule has 16 nitrogen and oxygen atoms in total. The van der Waals surface area contributed by atoms with E-state index in [0.717, 1.165) is 27.3 Å². The smallest absolute Gasteiger partial charge is 0.324 e. The van der Waals surface area contributed by atoms with Gasteiger partial charge in [0.1, 0.15) is 24.7 Å². The molecule has 0 saturated carbocycles. The predicted octanol–water partition coefficient (Wildman–Crippen LogP) is 4.60. The van der Waals surface area contributed by atoms with Crippen LogP contribution in [0.5, 0.6) is 5.75 Å². The molecule has 1 unspecified atom stereocenters. The fourth-order valence-corrected chi connectivity index (χ4v) is 6.21. The number of nitrogens with zero attached hydrogens (tertiary/aromatic N) is 4. The quantitative estimate of drug-likeness (QED) is 0.0892. The molecule has 4 heterocycles. The molecule has 3 aromatic carbocycles. The van der Waals surface area contributed by atoms with Crippen LogP contribution in [-0.2, 0) is 19.7 Å². The largest absolute Gasteiger partial charge is 0.491 e. The van der Waals surface area contributed by atoms with Gasteiger partial charge >= 0.3 is 6.03 Å². The third-order valence-electron chi connectivity index (χ3n) is 9.06. The summed E-state index contributed by atoms with van der Waals surface area (Å²) in [7, 11) is 0. The number of aromatic nitrogens is 4. The van der Waals surface area contributed by atoms with Crippen molar-refractivity contribution in [3.63, 3.8) is 0 Å². The van der Waals surface area contributed by atoms with Crippen LogP contribution in [0, 0.1) is 0 Å². The molecule has 54 heavy (non-hydrogen) atoms. The highest BCUT2D eigenvalue weighted by Gasteiger charge is 2.44. The molecule has 1 atom stereocenters. The van der Waals surface area contributed by atoms with E-state index in [1.807, 2.05) is 53.1 Å². The number of imide groups is 2. The summed E-state index contributed by atoms with van der Waals surface area (Å²) in [5, 5.41) is 18.1. The van der Waals surface area contributed by atoms with Gasteiger partial charge in [-0.3, -0.25) is 44.4 Å². The zero-order chi connectivity index (χ0) is 38.0. The zero-order valence-corrected chi connectivity index (χ0v) is 29.9. The maximum atomic E-state index is 13.0. The van der Waals surface area contributed by atoms with Crippen LogP contribution in [0.1, 0.15) is 60.0 Å². The normalized spacial score (nSPS) is 15.7. The fraction of sp³-hybridized carbons (Fsp3) is 0.289. The highest BCUT2D eigenvalue weighted by Crippen LogP contribution is 2.30. The number of imidazole rings is 1. The van der Waals surface area contributed by atoms with Gasteiger partial charge in [0.05, 0.1) is 35.4 Å². The molecule has 2 aliphatic rings. The summed E-state index contributed by atoms with van der Waals surface area (Å²) in [5.74, 6) is -1.07. The van der Waals surface area contributed by atoms with Crippen LogP contribution in [0.2, 0.25) is 0 Å². The van der Waals surface area contributed by atoms with Gasteiger partial charge in [-0.2, -0.15) is 5.10 Å². The van der Waals surface area contributed by atoms with Gasteiger partial charge < -0.3 is 20.1 Å². The van der Waals surface area contributed by atoms with Gasteiger partial charge in [-0.1, -0.05) is 20.8 Å². The summed E-state index contributed by atoms with van der Waals surface area (Å²) in [6.45, 7) is 7.63. The van der Waals surface area contributed by atoms with Crippen molar-refractivity contribution >= 4 is 57.9 Å². The predicted molar refractivity (Wildman–Crippen MR) is 199 cm³/mol. The van der Waals surface area contributed by atoms with Crippen molar-refractivity contribution in [1.29, 1.82) is 0 Å². The van der Waals surface area contributed by atoms with Crippen LogP contribution >= 0.6 is 0 Å². The maximum absolute atomic E-state index is 13.0. The van der Waals surface area contributed by atoms with Gasteiger partial charge in [-0.15, -0.1) is 0 Å². The molecule has 278 valence electrons. The van der Waals surface area contributed by atoms with E-state index in [0.29, 0.717) is 49.3 Å². The van der Waals surface area contributed by atoms with Gasteiger partial charge in [0, 0.05) is 53.3 Å². The van der Waals surface area contributed by atoms with Crippen molar-refractivity contribution in [3.8, 4) is 11.4 Å². The van der Waals surface area contributed by atoms with Crippen LogP contribution in [0.25, 0.3) is 16.7 Å². The molecule has 0 bridgehead atoms. The number of piperidine rings is 1. The monoisotopic (exact) mass is 733 g/mol. The summed E-state index contributed by atoms with van der Waals surface area (Å²) < 4.78 is 13.5. The number of ether oxygens (including phenoxy) is 2. The Kier molecular flexibility index (Phi) is 9.84. The molecule has 2 aliphatic heterocycles. The van der Waals surface area contributed by atoms with E-state index in [1.165, 1.54) is 0 Å². The number of urea groups is 1. The van der Waals surface area contributed by atoms with E-state index >= 15 is 0 Å². The van der Waals surface area contributed by atoms with E-state index in [2.05, 4.69) is 57.2 Å². The van der Waals surface area contributed by atoms with E-state index in [4.69, 9.17) is 9.47 Å². The second kappa shape index (κ2) is 14.8. The lowest BCUT2D eigenvalue weighted by Crippen LogP contribution is -2.54. The first kappa shape index (κ1) is 35.8. The number of nitrogens with one attached hydrogen (secondary N) is 5. The van der Waals surface area contributed by atoms with Crippen molar-refractivity contribution in [2.45, 2.75) is 45.1 Å². The van der Waals surface area contributed by atoms with E-state index < -0.39 is 35.7 Å². The summed E-state index contributed by atoms with van der Waals surface area (Å²) in [6, 6.07) is 18.3. The molecule has 1 saturated heterocycles. The minimum atomic E-state index is -1.01. The summed E-state index contributed by atoms with van der Waals surface area (Å²) >= 11 is 0. The summed E-state index contributed by atoms with van der Waals surface area (Å²) in [6.07, 6.45) is 1.90. The number of aromatic amines is 1. The van der Waals surface area contributed by atoms with Crippen molar-refractivity contribution in [3.05, 3.63) is 89.9 Å². The highest BCUT2D eigenvalue weighted by atomic mass is 16.5. The number of carbonyl (C=O) groups excluding carboxylic acids is 5. The Morgan fingerprint density at radius 2 is 1.67 bits per heavy atom. The van der Waals surface area contributed by atoms with Gasteiger partial charge in [-0.05, 0) is 61.0 Å². The Balaban J connectivity index is 0.842. The number of anilines is 3. The standard InChI is InChI=1S/C38H39N9O7/c1-38(2,3)31-20-32(45-44-31)42-37(52)41-22-4-7-24(8-5-22)46-21-40-28-19-25(9-11-29(28)46)54-17-16-53-15-14-39-23-6-10-26-27(18-23)36(51)47(35(26)50)30-12-13-33(48)43-34(30)49/h4-11,18-21,30,39H,12-17H2,1-3H3,(H,43,48,49)(H3,41,42,44,45,52). The van der Waals surface area contributed by atoms with Crippen LogP contribution in [0.4, 0.5) is 22.0 Å². The van der Waals surface area contributed by atoms with Gasteiger partial charge in [0.25, 0.3) is 11.8 Å². The lowest BCUT2D eigenvalue weighted by Gasteiger charge is -2.27. The molecule has 16 heteroatoms. The zero-order valence-electron chi connectivity index (χ0n) is 29.9. The van der Waals surface area contributed by atoms with Crippen LogP contribution in [0.3, 0.4) is 0 Å². The van der Waals surface area contributed by atoms with Gasteiger partial charge in [-0.25, -0.2) is 9.78 Å². The number of fused-ring (bicyclic) bond motifs is 2. The minimum Gasteiger partial charge on any atom is -0.491 e. The Hall–Kier alpha value is -6.55. The average molecular weight is 734 g/mol. The number of hydrogen-bond acceptors (Lipinski definition) is 10. The minimum absolute atomic E-state index is 0.0651. The van der Waals surface area contributed by atoms with Gasteiger partial charge in [0.2, 0.25) is 11.8 Å². The van der Waals surface area contributed by atoms with Crippen molar-refractivity contribution in [1.82, 2.24) is 30.0 Å². The average Bonchev–Trinajstić information content (AvgIpc) is 3.85. The SMILES string of the molecule is CC(C)(C)c1cc(NC(=O)Nc2ccc(-n3cnc4cc(OCCOCCNc5ccc6c(c5)C(=O)N(C5CCC(=O)NC5=O)C6=O)ccc43)cc2)n[nH]1. The molecular formula is C38H39N9O7. The van der Waals surface area contributed by atoms with Crippen molar-refractivity contribution in [2.75, 3.05) is 42.3 Å². The summed E-state index contributed by atoms with van der Waals surface area (Å²) in [5.41, 5.74) is 5.00. The van der Waals surface area contributed by atoms with Gasteiger partial charge in [0.15, 0.2) is 5.82 Å². The lowest BCUT2D eigenvalue weighted by molar-refractivity contribution is -0.136. The first-order chi connectivity index (χ1) is 25.9. The van der Waals surface area contributed by atoms with Crippen LogP contribution in [-0.4, -0.2) is 86.7 Å². The van der Waals surface area contributed by atoms with E-state index in [-0.39, 0.29) is 29.4 Å². The Bertz CT molecular complexity index is 2250. The highest BCUT2D eigenvalue weighted by molar-refractivity contribution is 6.23. The second-order valence-electron chi connectivity index (χ2n) is 13.9. The third-order valence-corrected chi connectivity index (χ3v) is 9.06. The molecular weight excluding hydrogens is 694 g/mol. The Labute approximate surface area is 309 Å². The van der Waals surface area contributed by atoms with E-state index in [9.17, 15) is 24.0 Å². The molecule has 0 aliphatic carbocycles. The van der Waals surface area contributed by atoms with Crippen molar-refractivity contribution < 1.29 is 33.4 Å². The molecule has 6 amide bonds. The Morgan fingerprint density at radius 1 is 0.889 bits per heavy atom. The first-order valence-electron chi connectivity index (χ1n) is 17.5. The topological polar surface area (TPSA) is 202 Å². The fourth-order valence-electron chi connectivity index (χ4n) is 6.21. The molecule has 0 radical (unpaired) electrons. The number of carbonyl (C=O) groups is 5.